The lowest BCUT2D eigenvalue weighted by Gasteiger charge is -2.17. The normalized spacial score (nSPS) is 11.3. The van der Waals surface area contributed by atoms with Crippen LogP contribution in [-0.4, -0.2) is 32.5 Å². The Bertz CT molecular complexity index is 778. The number of hydrogen-bond donors (Lipinski definition) is 0. The van der Waals surface area contributed by atoms with Crippen LogP contribution in [0.3, 0.4) is 0 Å². The van der Waals surface area contributed by atoms with Crippen LogP contribution in [0, 0.1) is 0 Å². The van der Waals surface area contributed by atoms with E-state index in [2.05, 4.69) is 19.1 Å². The zero-order valence-corrected chi connectivity index (χ0v) is 14.4. The summed E-state index contributed by atoms with van der Waals surface area (Å²) >= 11 is 0. The fourth-order valence-corrected chi connectivity index (χ4v) is 2.92. The van der Waals surface area contributed by atoms with Gasteiger partial charge in [-0.15, -0.1) is 0 Å². The Morgan fingerprint density at radius 2 is 1.48 bits per heavy atom. The molecule has 5 heteroatoms. The highest BCUT2D eigenvalue weighted by Crippen LogP contribution is 2.13. The van der Waals surface area contributed by atoms with Crippen LogP contribution in [0.1, 0.15) is 28.4 Å². The minimum atomic E-state index is -3.25. The van der Waals surface area contributed by atoms with Gasteiger partial charge in [-0.25, -0.2) is 8.42 Å². The summed E-state index contributed by atoms with van der Waals surface area (Å²) < 4.78 is 22.9. The molecule has 4 nitrogen and oxygen atoms in total. The molecule has 0 spiro atoms. The average molecular weight is 331 g/mol. The molecule has 0 N–H and O–H groups in total. The van der Waals surface area contributed by atoms with Gasteiger partial charge < -0.3 is 4.90 Å². The van der Waals surface area contributed by atoms with Crippen LogP contribution in [0.2, 0.25) is 0 Å². The van der Waals surface area contributed by atoms with E-state index in [0.717, 1.165) is 18.2 Å². The van der Waals surface area contributed by atoms with Crippen LogP contribution < -0.4 is 0 Å². The van der Waals surface area contributed by atoms with E-state index in [-0.39, 0.29) is 10.8 Å². The number of rotatable bonds is 5. The predicted octanol–water partition coefficient (Wildman–Crippen LogP) is 2.92. The molecule has 0 radical (unpaired) electrons. The minimum Gasteiger partial charge on any atom is -0.337 e. The molecule has 2 rings (SSSR count). The summed E-state index contributed by atoms with van der Waals surface area (Å²) in [6.07, 6.45) is 2.14. The fourth-order valence-electron chi connectivity index (χ4n) is 2.29. The summed E-state index contributed by atoms with van der Waals surface area (Å²) in [5.74, 6) is -0.135. The van der Waals surface area contributed by atoms with E-state index in [1.165, 1.54) is 17.7 Å². The van der Waals surface area contributed by atoms with Gasteiger partial charge in [0.15, 0.2) is 9.84 Å². The molecule has 0 bridgehead atoms. The first-order chi connectivity index (χ1) is 10.8. The molecule has 0 unspecified atom stereocenters. The van der Waals surface area contributed by atoms with Crippen molar-refractivity contribution >= 4 is 15.7 Å². The Morgan fingerprint density at radius 3 is 1.96 bits per heavy atom. The van der Waals surface area contributed by atoms with Gasteiger partial charge in [0.25, 0.3) is 5.91 Å². The van der Waals surface area contributed by atoms with Gasteiger partial charge >= 0.3 is 0 Å². The van der Waals surface area contributed by atoms with Crippen LogP contribution in [0.15, 0.2) is 53.4 Å². The van der Waals surface area contributed by atoms with E-state index >= 15 is 0 Å². The molecule has 0 saturated carbocycles. The molecule has 2 aromatic carbocycles. The van der Waals surface area contributed by atoms with E-state index in [0.29, 0.717) is 12.1 Å². The summed E-state index contributed by atoms with van der Waals surface area (Å²) in [5.41, 5.74) is 2.80. The largest absolute Gasteiger partial charge is 0.337 e. The molecule has 23 heavy (non-hydrogen) atoms. The first-order valence-corrected chi connectivity index (χ1v) is 9.34. The van der Waals surface area contributed by atoms with Gasteiger partial charge in [-0.2, -0.15) is 0 Å². The molecule has 1 amide bonds. The van der Waals surface area contributed by atoms with Gasteiger partial charge in [0.05, 0.1) is 4.90 Å². The number of hydrogen-bond acceptors (Lipinski definition) is 3. The number of nitrogens with zero attached hydrogens (tertiary/aromatic N) is 1. The van der Waals surface area contributed by atoms with Crippen molar-refractivity contribution < 1.29 is 13.2 Å². The first-order valence-electron chi connectivity index (χ1n) is 7.44. The van der Waals surface area contributed by atoms with Gasteiger partial charge in [0, 0.05) is 25.4 Å². The number of amides is 1. The van der Waals surface area contributed by atoms with Crippen molar-refractivity contribution in [3.05, 3.63) is 65.2 Å². The maximum atomic E-state index is 12.4. The molecule has 0 heterocycles. The van der Waals surface area contributed by atoms with Gasteiger partial charge in [-0.05, 0) is 41.8 Å². The molecule has 0 aliphatic carbocycles. The Balaban J connectivity index is 2.09. The highest BCUT2D eigenvalue weighted by Gasteiger charge is 2.14. The second-order valence-electron chi connectivity index (χ2n) is 5.63. The Morgan fingerprint density at radius 1 is 0.957 bits per heavy atom. The highest BCUT2D eigenvalue weighted by atomic mass is 32.2. The summed E-state index contributed by atoms with van der Waals surface area (Å²) in [5, 5.41) is 0. The van der Waals surface area contributed by atoms with Crippen LogP contribution in [-0.2, 0) is 22.8 Å². The molecule has 0 aliphatic rings. The van der Waals surface area contributed by atoms with Gasteiger partial charge in [0.2, 0.25) is 0 Å². The zero-order chi connectivity index (χ0) is 17.0. The van der Waals surface area contributed by atoms with Crippen LogP contribution in [0.4, 0.5) is 0 Å². The Kier molecular flexibility index (Phi) is 5.21. The molecule has 122 valence electrons. The second-order valence-corrected chi connectivity index (χ2v) is 7.64. The summed E-state index contributed by atoms with van der Waals surface area (Å²) in [4.78, 5) is 14.2. The fraction of sp³-hybridized carbons (Fsp3) is 0.278. The van der Waals surface area contributed by atoms with Crippen molar-refractivity contribution in [1.82, 2.24) is 4.90 Å². The van der Waals surface area contributed by atoms with Crippen molar-refractivity contribution in [2.75, 3.05) is 13.3 Å². The minimum absolute atomic E-state index is 0.135. The number of carbonyl (C=O) groups excluding carboxylic acids is 1. The lowest BCUT2D eigenvalue weighted by Crippen LogP contribution is -2.26. The van der Waals surface area contributed by atoms with E-state index in [1.54, 1.807) is 24.1 Å². The van der Waals surface area contributed by atoms with Crippen LogP contribution in [0.25, 0.3) is 0 Å². The van der Waals surface area contributed by atoms with Gasteiger partial charge in [0.1, 0.15) is 0 Å². The second kappa shape index (κ2) is 6.96. The maximum absolute atomic E-state index is 12.4. The quantitative estimate of drug-likeness (QED) is 0.846. The van der Waals surface area contributed by atoms with E-state index in [4.69, 9.17) is 0 Å². The Labute approximate surface area is 137 Å². The van der Waals surface area contributed by atoms with E-state index < -0.39 is 9.84 Å². The lowest BCUT2D eigenvalue weighted by atomic mass is 10.1. The molecule has 0 atom stereocenters. The standard InChI is InChI=1S/C18H21NO3S/c1-4-14-5-7-15(8-6-14)13-19(2)18(20)16-9-11-17(12-10-16)23(3,21)22/h5-12H,4,13H2,1-3H3. The van der Waals surface area contributed by atoms with Crippen LogP contribution in [0.5, 0.6) is 0 Å². The molecular weight excluding hydrogens is 310 g/mol. The van der Waals surface area contributed by atoms with Crippen molar-refractivity contribution in [1.29, 1.82) is 0 Å². The number of carbonyl (C=O) groups is 1. The topological polar surface area (TPSA) is 54.5 Å². The summed E-state index contributed by atoms with van der Waals surface area (Å²) in [6.45, 7) is 2.61. The van der Waals surface area contributed by atoms with E-state index in [1.807, 2.05) is 12.1 Å². The third-order valence-corrected chi connectivity index (χ3v) is 4.86. The van der Waals surface area contributed by atoms with Crippen molar-refractivity contribution in [3.8, 4) is 0 Å². The number of benzene rings is 2. The summed E-state index contributed by atoms with van der Waals surface area (Å²) in [7, 11) is -1.51. The van der Waals surface area contributed by atoms with Gasteiger partial charge in [-0.3, -0.25) is 4.79 Å². The molecule has 0 saturated heterocycles. The molecular formula is C18H21NO3S. The smallest absolute Gasteiger partial charge is 0.253 e. The SMILES string of the molecule is CCc1ccc(CN(C)C(=O)c2ccc(S(C)(=O)=O)cc2)cc1. The molecule has 2 aromatic rings. The third-order valence-electron chi connectivity index (χ3n) is 3.73. The van der Waals surface area contributed by atoms with E-state index in [9.17, 15) is 13.2 Å². The van der Waals surface area contributed by atoms with Crippen molar-refractivity contribution in [2.45, 2.75) is 24.8 Å². The average Bonchev–Trinajstić information content (AvgIpc) is 2.54. The molecule has 0 aromatic heterocycles. The molecule has 0 aliphatic heterocycles. The number of sulfone groups is 1. The predicted molar refractivity (Wildman–Crippen MR) is 91.2 cm³/mol. The van der Waals surface area contributed by atoms with Gasteiger partial charge in [-0.1, -0.05) is 31.2 Å². The van der Waals surface area contributed by atoms with Crippen molar-refractivity contribution in [2.24, 2.45) is 0 Å². The maximum Gasteiger partial charge on any atom is 0.253 e. The zero-order valence-electron chi connectivity index (χ0n) is 13.6. The molecule has 0 fully saturated rings. The highest BCUT2D eigenvalue weighted by molar-refractivity contribution is 7.90. The van der Waals surface area contributed by atoms with Crippen molar-refractivity contribution in [3.63, 3.8) is 0 Å². The number of aryl methyl sites for hydroxylation is 1. The third kappa shape index (κ3) is 4.42. The lowest BCUT2D eigenvalue weighted by molar-refractivity contribution is 0.0785. The summed E-state index contributed by atoms with van der Waals surface area (Å²) in [6, 6.07) is 14.2. The van der Waals surface area contributed by atoms with Crippen LogP contribution >= 0.6 is 0 Å². The monoisotopic (exact) mass is 331 g/mol. The Hall–Kier alpha value is -2.14. The first kappa shape index (κ1) is 17.2.